The minimum absolute atomic E-state index is 0.724. The van der Waals surface area contributed by atoms with Crippen LogP contribution in [0.4, 0.5) is 0 Å². The largest absolute Gasteiger partial charge is 0.250 e. The quantitative estimate of drug-likeness (QED) is 0.581. The number of hydrogen-bond donors (Lipinski definition) is 0. The lowest BCUT2D eigenvalue weighted by molar-refractivity contribution is 0.710. The average molecular weight is 306 g/mol. The molecule has 0 amide bonds. The summed E-state index contributed by atoms with van der Waals surface area (Å²) in [6.07, 6.45) is 4.88. The molecule has 4 aromatic rings. The third kappa shape index (κ3) is 2.27. The van der Waals surface area contributed by atoms with Crippen LogP contribution in [0.3, 0.4) is 0 Å². The number of rotatable bonds is 4. The Morgan fingerprint density at radius 3 is 2.65 bits per heavy atom. The number of nitrogens with zero attached hydrogens (tertiary/aromatic N) is 6. The van der Waals surface area contributed by atoms with E-state index in [9.17, 15) is 0 Å². The topological polar surface area (TPSA) is 60.9 Å². The molecule has 0 radical (unpaired) electrons. The number of aromatic nitrogens is 6. The van der Waals surface area contributed by atoms with Crippen LogP contribution in [-0.4, -0.2) is 29.4 Å². The van der Waals surface area contributed by atoms with Crippen molar-refractivity contribution in [2.75, 3.05) is 0 Å². The van der Waals surface area contributed by atoms with E-state index in [0.717, 1.165) is 53.2 Å². The van der Waals surface area contributed by atoms with Gasteiger partial charge in [0.2, 0.25) is 0 Å². The van der Waals surface area contributed by atoms with E-state index >= 15 is 0 Å². The van der Waals surface area contributed by atoms with Gasteiger partial charge in [-0.05, 0) is 6.42 Å². The number of aryl methyl sites for hydroxylation is 2. The molecule has 6 heteroatoms. The molecule has 0 unspecified atom stereocenters. The second-order valence-corrected chi connectivity index (χ2v) is 5.67. The summed E-state index contributed by atoms with van der Waals surface area (Å²) in [5.74, 6) is 1.66. The van der Waals surface area contributed by atoms with E-state index in [1.165, 1.54) is 0 Å². The minimum Gasteiger partial charge on any atom is -0.250 e. The van der Waals surface area contributed by atoms with Crippen LogP contribution in [0.2, 0.25) is 0 Å². The molecule has 0 atom stereocenters. The average Bonchev–Trinajstić information content (AvgIpc) is 3.18. The molecule has 0 spiro atoms. The van der Waals surface area contributed by atoms with Gasteiger partial charge in [0.25, 0.3) is 0 Å². The Kier molecular flexibility index (Phi) is 3.29. The van der Waals surface area contributed by atoms with Crippen molar-refractivity contribution in [3.05, 3.63) is 42.4 Å². The number of unbranched alkanes of at least 4 members (excludes halogenated alkanes) is 1. The van der Waals surface area contributed by atoms with Gasteiger partial charge in [0.05, 0.1) is 11.6 Å². The maximum Gasteiger partial charge on any atom is 0.182 e. The van der Waals surface area contributed by atoms with Crippen molar-refractivity contribution in [2.45, 2.75) is 26.2 Å². The van der Waals surface area contributed by atoms with Gasteiger partial charge in [-0.25, -0.2) is 9.97 Å². The number of fused-ring (bicyclic) bond motifs is 3. The highest BCUT2D eigenvalue weighted by atomic mass is 15.4. The summed E-state index contributed by atoms with van der Waals surface area (Å²) in [5, 5.41) is 9.96. The molecule has 0 saturated carbocycles. The van der Waals surface area contributed by atoms with Crippen molar-refractivity contribution >= 4 is 16.7 Å². The first-order chi connectivity index (χ1) is 11.3. The van der Waals surface area contributed by atoms with Gasteiger partial charge in [0, 0.05) is 19.0 Å². The summed E-state index contributed by atoms with van der Waals surface area (Å²) >= 11 is 0. The Hall–Kier alpha value is -2.76. The van der Waals surface area contributed by atoms with Crippen LogP contribution >= 0.6 is 0 Å². The van der Waals surface area contributed by atoms with Crippen LogP contribution in [0.1, 0.15) is 25.6 Å². The van der Waals surface area contributed by atoms with Crippen molar-refractivity contribution in [3.63, 3.8) is 0 Å². The molecule has 0 N–H and O–H groups in total. The molecule has 0 aliphatic rings. The molecule has 3 heterocycles. The smallest absolute Gasteiger partial charge is 0.182 e. The first-order valence-electron chi connectivity index (χ1n) is 7.90. The van der Waals surface area contributed by atoms with Gasteiger partial charge >= 0.3 is 0 Å². The first kappa shape index (κ1) is 13.9. The summed E-state index contributed by atoms with van der Waals surface area (Å²) < 4.78 is 3.67. The molecule has 0 aliphatic carbocycles. The summed E-state index contributed by atoms with van der Waals surface area (Å²) in [6.45, 7) is 2.18. The van der Waals surface area contributed by atoms with Gasteiger partial charge in [-0.3, -0.25) is 4.68 Å². The minimum atomic E-state index is 0.724. The molecule has 1 aromatic carbocycles. The van der Waals surface area contributed by atoms with Crippen molar-refractivity contribution < 1.29 is 0 Å². The lowest BCUT2D eigenvalue weighted by atomic mass is 10.2. The monoisotopic (exact) mass is 306 g/mol. The van der Waals surface area contributed by atoms with E-state index in [2.05, 4.69) is 12.0 Å². The zero-order chi connectivity index (χ0) is 15.8. The fourth-order valence-corrected chi connectivity index (χ4v) is 2.76. The third-order valence-corrected chi connectivity index (χ3v) is 4.02. The Morgan fingerprint density at radius 1 is 1.04 bits per heavy atom. The van der Waals surface area contributed by atoms with Gasteiger partial charge in [-0.1, -0.05) is 43.7 Å². The molecule has 0 aliphatic heterocycles. The summed E-state index contributed by atoms with van der Waals surface area (Å²) in [4.78, 5) is 9.52. The van der Waals surface area contributed by atoms with Crippen molar-refractivity contribution in [2.24, 2.45) is 7.05 Å². The molecule has 3 aromatic heterocycles. The van der Waals surface area contributed by atoms with Crippen molar-refractivity contribution in [3.8, 4) is 11.4 Å². The molecular formula is C17H18N6. The van der Waals surface area contributed by atoms with Crippen LogP contribution < -0.4 is 0 Å². The fourth-order valence-electron chi connectivity index (χ4n) is 2.76. The summed E-state index contributed by atoms with van der Waals surface area (Å²) in [7, 11) is 1.91. The Morgan fingerprint density at radius 2 is 1.87 bits per heavy atom. The molecule has 0 fully saturated rings. The van der Waals surface area contributed by atoms with Gasteiger partial charge in [-0.2, -0.15) is 9.61 Å². The van der Waals surface area contributed by atoms with E-state index in [-0.39, 0.29) is 0 Å². The SMILES string of the molecule is CCCCc1nc2c(cnn2C)c2nc(-c3ccccc3)nn12. The zero-order valence-electron chi connectivity index (χ0n) is 13.3. The van der Waals surface area contributed by atoms with Crippen LogP contribution in [0.15, 0.2) is 36.5 Å². The molecule has 116 valence electrons. The Bertz CT molecular complexity index is 967. The molecule has 4 rings (SSSR count). The maximum absolute atomic E-state index is 4.77. The van der Waals surface area contributed by atoms with Crippen LogP contribution in [-0.2, 0) is 13.5 Å². The molecule has 23 heavy (non-hydrogen) atoms. The predicted octanol–water partition coefficient (Wildman–Crippen LogP) is 3.02. The van der Waals surface area contributed by atoms with Gasteiger partial charge in [0.15, 0.2) is 17.1 Å². The summed E-state index contributed by atoms with van der Waals surface area (Å²) in [6, 6.07) is 10.0. The van der Waals surface area contributed by atoms with Crippen LogP contribution in [0.5, 0.6) is 0 Å². The van der Waals surface area contributed by atoms with E-state index in [1.54, 1.807) is 4.68 Å². The lowest BCUT2D eigenvalue weighted by Crippen LogP contribution is -2.05. The highest BCUT2D eigenvalue weighted by Gasteiger charge is 2.16. The number of benzene rings is 1. The maximum atomic E-state index is 4.77. The lowest BCUT2D eigenvalue weighted by Gasteiger charge is -2.03. The molecule has 6 nitrogen and oxygen atoms in total. The van der Waals surface area contributed by atoms with Crippen molar-refractivity contribution in [1.82, 2.24) is 29.4 Å². The third-order valence-electron chi connectivity index (χ3n) is 4.02. The second kappa shape index (κ2) is 5.46. The van der Waals surface area contributed by atoms with Gasteiger partial charge < -0.3 is 0 Å². The molecule has 0 saturated heterocycles. The van der Waals surface area contributed by atoms with Gasteiger partial charge in [-0.15, -0.1) is 5.10 Å². The standard InChI is InChI=1S/C17H18N6/c1-3-4-10-14-19-16-13(11-18-22(16)2)17-20-15(21-23(14)17)12-8-6-5-7-9-12/h5-9,11H,3-4,10H2,1-2H3. The number of hydrogen-bond acceptors (Lipinski definition) is 4. The van der Waals surface area contributed by atoms with E-state index < -0.39 is 0 Å². The molecular weight excluding hydrogens is 288 g/mol. The molecule has 0 bridgehead atoms. The first-order valence-corrected chi connectivity index (χ1v) is 7.90. The summed E-state index contributed by atoms with van der Waals surface area (Å²) in [5.41, 5.74) is 2.69. The normalized spacial score (nSPS) is 11.6. The highest BCUT2D eigenvalue weighted by Crippen LogP contribution is 2.22. The Labute approximate surface area is 133 Å². The van der Waals surface area contributed by atoms with Gasteiger partial charge in [0.1, 0.15) is 5.82 Å². The van der Waals surface area contributed by atoms with E-state index in [4.69, 9.17) is 15.1 Å². The van der Waals surface area contributed by atoms with E-state index in [1.807, 2.05) is 48.1 Å². The Balaban J connectivity index is 1.98. The zero-order valence-corrected chi connectivity index (χ0v) is 13.3. The van der Waals surface area contributed by atoms with Crippen LogP contribution in [0, 0.1) is 0 Å². The van der Waals surface area contributed by atoms with Crippen molar-refractivity contribution in [1.29, 1.82) is 0 Å². The second-order valence-electron chi connectivity index (χ2n) is 5.67. The van der Waals surface area contributed by atoms with E-state index in [0.29, 0.717) is 0 Å². The van der Waals surface area contributed by atoms with Crippen LogP contribution in [0.25, 0.3) is 28.1 Å². The fraction of sp³-hybridized carbons (Fsp3) is 0.294. The highest BCUT2D eigenvalue weighted by molar-refractivity contribution is 5.89. The predicted molar refractivity (Wildman–Crippen MR) is 89.1 cm³/mol.